The summed E-state index contributed by atoms with van der Waals surface area (Å²) < 4.78 is 0. The fraction of sp³-hybridized carbons (Fsp3) is 0.368. The van der Waals surface area contributed by atoms with Crippen LogP contribution in [0.4, 0.5) is 5.69 Å². The van der Waals surface area contributed by atoms with Gasteiger partial charge in [0.05, 0.1) is 24.5 Å². The molecule has 2 aromatic rings. The maximum absolute atomic E-state index is 12.2. The van der Waals surface area contributed by atoms with E-state index in [-0.39, 0.29) is 32.0 Å². The summed E-state index contributed by atoms with van der Waals surface area (Å²) in [7, 11) is 0. The maximum atomic E-state index is 12.2. The fourth-order valence-corrected chi connectivity index (χ4v) is 2.74. The summed E-state index contributed by atoms with van der Waals surface area (Å²) in [4.78, 5) is 42.1. The number of fused-ring (bicyclic) bond motifs is 1. The topological polar surface area (TPSA) is 169 Å². The first-order chi connectivity index (χ1) is 13.9. The number of anilines is 1. The van der Waals surface area contributed by atoms with E-state index in [1.807, 2.05) is 6.07 Å². The molecule has 0 aliphatic rings. The molecule has 8 N–H and O–H groups in total. The van der Waals surface area contributed by atoms with Gasteiger partial charge in [-0.15, -0.1) is 0 Å². The smallest absolute Gasteiger partial charge is 0.243 e. The molecule has 29 heavy (non-hydrogen) atoms. The highest BCUT2D eigenvalue weighted by Gasteiger charge is 2.21. The van der Waals surface area contributed by atoms with E-state index in [0.717, 1.165) is 10.9 Å². The van der Waals surface area contributed by atoms with Gasteiger partial charge in [0.2, 0.25) is 17.7 Å². The molecule has 1 heterocycles. The standard InChI is InChI=1S/C19H27N7O3/c20-5-8-26(9-6-21)18(28)11-15(22)19(29)24-12-17(27)25-14-3-4-16-13(10-14)2-1-7-23-16/h1-4,7,10,15H,5-6,8-9,11-12,20-22H2,(H,24,29)(H,25,27). The number of aromatic nitrogens is 1. The number of carbonyl (C=O) groups excluding carboxylic acids is 3. The summed E-state index contributed by atoms with van der Waals surface area (Å²) >= 11 is 0. The van der Waals surface area contributed by atoms with Crippen molar-refractivity contribution >= 4 is 34.3 Å². The van der Waals surface area contributed by atoms with Crippen LogP contribution in [-0.2, 0) is 14.4 Å². The Labute approximate surface area is 168 Å². The zero-order valence-electron chi connectivity index (χ0n) is 16.1. The van der Waals surface area contributed by atoms with E-state index in [1.165, 1.54) is 4.90 Å². The predicted molar refractivity (Wildman–Crippen MR) is 111 cm³/mol. The second kappa shape index (κ2) is 11.1. The van der Waals surface area contributed by atoms with Crippen molar-refractivity contribution in [3.8, 4) is 0 Å². The zero-order valence-corrected chi connectivity index (χ0v) is 16.1. The van der Waals surface area contributed by atoms with E-state index >= 15 is 0 Å². The minimum Gasteiger partial charge on any atom is -0.346 e. The molecule has 1 unspecified atom stereocenters. The quantitative estimate of drug-likeness (QED) is 0.331. The Morgan fingerprint density at radius 1 is 1.10 bits per heavy atom. The van der Waals surface area contributed by atoms with Gasteiger partial charge in [-0.25, -0.2) is 0 Å². The molecular formula is C19H27N7O3. The van der Waals surface area contributed by atoms with Gasteiger partial charge in [0.25, 0.3) is 0 Å². The van der Waals surface area contributed by atoms with Crippen molar-refractivity contribution in [2.24, 2.45) is 17.2 Å². The van der Waals surface area contributed by atoms with E-state index in [2.05, 4.69) is 15.6 Å². The first kappa shape index (κ1) is 22.2. The Kier molecular flexibility index (Phi) is 8.46. The number of hydrogen-bond donors (Lipinski definition) is 5. The number of nitrogens with one attached hydrogen (secondary N) is 2. The van der Waals surface area contributed by atoms with E-state index in [9.17, 15) is 14.4 Å². The Bertz CT molecular complexity index is 853. The molecule has 2 rings (SSSR count). The number of hydrogen-bond acceptors (Lipinski definition) is 7. The van der Waals surface area contributed by atoms with Gasteiger partial charge in [0.1, 0.15) is 0 Å². The lowest BCUT2D eigenvalue weighted by atomic mass is 10.2. The number of nitrogens with two attached hydrogens (primary N) is 3. The highest BCUT2D eigenvalue weighted by atomic mass is 16.2. The van der Waals surface area contributed by atoms with Crippen molar-refractivity contribution in [2.45, 2.75) is 12.5 Å². The fourth-order valence-electron chi connectivity index (χ4n) is 2.74. The Morgan fingerprint density at radius 2 is 1.83 bits per heavy atom. The first-order valence-corrected chi connectivity index (χ1v) is 9.30. The minimum absolute atomic E-state index is 0.189. The molecular weight excluding hydrogens is 374 g/mol. The highest BCUT2D eigenvalue weighted by molar-refractivity contribution is 5.97. The second-order valence-corrected chi connectivity index (χ2v) is 6.45. The summed E-state index contributed by atoms with van der Waals surface area (Å²) in [6.07, 6.45) is 1.50. The average Bonchev–Trinajstić information content (AvgIpc) is 2.71. The number of pyridine rings is 1. The van der Waals surface area contributed by atoms with Crippen molar-refractivity contribution in [3.63, 3.8) is 0 Å². The van der Waals surface area contributed by atoms with E-state index in [1.54, 1.807) is 30.5 Å². The third-order valence-electron chi connectivity index (χ3n) is 4.19. The molecule has 10 heteroatoms. The van der Waals surface area contributed by atoms with E-state index in [0.29, 0.717) is 18.8 Å². The zero-order chi connectivity index (χ0) is 21.2. The van der Waals surface area contributed by atoms with Crippen LogP contribution in [0, 0.1) is 0 Å². The monoisotopic (exact) mass is 401 g/mol. The molecule has 1 aromatic carbocycles. The van der Waals surface area contributed by atoms with Gasteiger partial charge in [-0.1, -0.05) is 6.07 Å². The summed E-state index contributed by atoms with van der Waals surface area (Å²) in [5.74, 6) is -1.30. The third-order valence-corrected chi connectivity index (χ3v) is 4.19. The molecule has 0 bridgehead atoms. The van der Waals surface area contributed by atoms with Gasteiger partial charge in [-0.2, -0.15) is 0 Å². The van der Waals surface area contributed by atoms with Gasteiger partial charge in [-0.3, -0.25) is 19.4 Å². The first-order valence-electron chi connectivity index (χ1n) is 9.30. The highest BCUT2D eigenvalue weighted by Crippen LogP contribution is 2.16. The van der Waals surface area contributed by atoms with Gasteiger partial charge in [0, 0.05) is 43.4 Å². The number of benzene rings is 1. The molecule has 156 valence electrons. The van der Waals surface area contributed by atoms with Crippen LogP contribution in [0.25, 0.3) is 10.9 Å². The summed E-state index contributed by atoms with van der Waals surface area (Å²) in [5.41, 5.74) is 18.1. The molecule has 1 aromatic heterocycles. The van der Waals surface area contributed by atoms with Crippen LogP contribution in [0.15, 0.2) is 36.5 Å². The molecule has 1 atom stereocenters. The molecule has 0 aliphatic carbocycles. The maximum Gasteiger partial charge on any atom is 0.243 e. The van der Waals surface area contributed by atoms with Crippen molar-refractivity contribution in [1.29, 1.82) is 0 Å². The predicted octanol–water partition coefficient (Wildman–Crippen LogP) is -1.25. The van der Waals surface area contributed by atoms with Gasteiger partial charge in [0.15, 0.2) is 0 Å². The normalized spacial score (nSPS) is 11.7. The van der Waals surface area contributed by atoms with Crippen LogP contribution in [0.5, 0.6) is 0 Å². The molecule has 0 fully saturated rings. The summed E-state index contributed by atoms with van der Waals surface area (Å²) in [5, 5.41) is 6.02. The van der Waals surface area contributed by atoms with Crippen LogP contribution in [0.1, 0.15) is 6.42 Å². The van der Waals surface area contributed by atoms with Gasteiger partial charge < -0.3 is 32.7 Å². The largest absolute Gasteiger partial charge is 0.346 e. The SMILES string of the molecule is NCCN(CCN)C(=O)CC(N)C(=O)NCC(=O)Nc1ccc2ncccc2c1. The van der Waals surface area contributed by atoms with Crippen molar-refractivity contribution in [1.82, 2.24) is 15.2 Å². The molecule has 0 saturated carbocycles. The number of nitrogens with zero attached hydrogens (tertiary/aromatic N) is 2. The second-order valence-electron chi connectivity index (χ2n) is 6.45. The molecule has 10 nitrogen and oxygen atoms in total. The lowest BCUT2D eigenvalue weighted by Crippen LogP contribution is -2.47. The Hall–Kier alpha value is -3.08. The average molecular weight is 401 g/mol. The lowest BCUT2D eigenvalue weighted by Gasteiger charge is -2.22. The molecule has 0 radical (unpaired) electrons. The number of rotatable bonds is 10. The summed E-state index contributed by atoms with van der Waals surface area (Å²) in [6.45, 7) is 1.000. The van der Waals surface area contributed by atoms with Crippen molar-refractivity contribution in [2.75, 3.05) is 38.0 Å². The van der Waals surface area contributed by atoms with E-state index < -0.39 is 17.9 Å². The molecule has 0 saturated heterocycles. The number of amides is 3. The Balaban J connectivity index is 1.82. The van der Waals surface area contributed by atoms with Crippen LogP contribution >= 0.6 is 0 Å². The van der Waals surface area contributed by atoms with Crippen LogP contribution in [0.2, 0.25) is 0 Å². The van der Waals surface area contributed by atoms with Crippen LogP contribution < -0.4 is 27.8 Å². The van der Waals surface area contributed by atoms with Crippen LogP contribution in [0.3, 0.4) is 0 Å². The molecule has 0 spiro atoms. The van der Waals surface area contributed by atoms with Crippen molar-refractivity contribution in [3.05, 3.63) is 36.5 Å². The lowest BCUT2D eigenvalue weighted by molar-refractivity contribution is -0.134. The van der Waals surface area contributed by atoms with Gasteiger partial charge >= 0.3 is 0 Å². The van der Waals surface area contributed by atoms with Crippen LogP contribution in [-0.4, -0.2) is 66.4 Å². The van der Waals surface area contributed by atoms with E-state index in [4.69, 9.17) is 17.2 Å². The third kappa shape index (κ3) is 6.79. The van der Waals surface area contributed by atoms with Gasteiger partial charge in [-0.05, 0) is 24.3 Å². The summed E-state index contributed by atoms with van der Waals surface area (Å²) in [6, 6.07) is 7.92. The minimum atomic E-state index is -1.07. The molecule has 3 amide bonds. The molecule has 0 aliphatic heterocycles. The Morgan fingerprint density at radius 3 is 2.52 bits per heavy atom. The van der Waals surface area contributed by atoms with Crippen molar-refractivity contribution < 1.29 is 14.4 Å². The number of carbonyl (C=O) groups is 3.